The summed E-state index contributed by atoms with van der Waals surface area (Å²) in [6.07, 6.45) is 1.82. The van der Waals surface area contributed by atoms with Gasteiger partial charge in [0, 0.05) is 5.69 Å². The van der Waals surface area contributed by atoms with Gasteiger partial charge < -0.3 is 4.74 Å². The van der Waals surface area contributed by atoms with Gasteiger partial charge >= 0.3 is 6.09 Å². The number of carbonyl (C=O) groups is 1. The summed E-state index contributed by atoms with van der Waals surface area (Å²) in [4.78, 5) is 11.5. The number of rotatable bonds is 5. The zero-order valence-electron chi connectivity index (χ0n) is 10.8. The number of anilines is 1. The van der Waals surface area contributed by atoms with Crippen molar-refractivity contribution in [2.75, 3.05) is 11.9 Å². The largest absolute Gasteiger partial charge is 0.449 e. The van der Waals surface area contributed by atoms with Crippen LogP contribution in [0, 0.1) is 12.8 Å². The second-order valence-electron chi connectivity index (χ2n) is 4.49. The fraction of sp³-hybridized carbons (Fsp3) is 0.500. The second-order valence-corrected chi connectivity index (χ2v) is 4.49. The molecule has 0 heterocycles. The lowest BCUT2D eigenvalue weighted by Crippen LogP contribution is -2.17. The average Bonchev–Trinajstić information content (AvgIpc) is 2.27. The van der Waals surface area contributed by atoms with Crippen LogP contribution in [-0.4, -0.2) is 12.7 Å². The molecule has 0 spiro atoms. The highest BCUT2D eigenvalue weighted by atomic mass is 16.5. The Morgan fingerprint density at radius 2 is 2.24 bits per heavy atom. The summed E-state index contributed by atoms with van der Waals surface area (Å²) in [6, 6.07) is 7.66. The molecule has 0 bridgehead atoms. The van der Waals surface area contributed by atoms with Crippen molar-refractivity contribution in [3.05, 3.63) is 29.8 Å². The molecule has 0 saturated carbocycles. The predicted molar refractivity (Wildman–Crippen MR) is 70.2 cm³/mol. The summed E-state index contributed by atoms with van der Waals surface area (Å²) in [6.45, 7) is 6.68. The first-order valence-corrected chi connectivity index (χ1v) is 6.12. The van der Waals surface area contributed by atoms with Crippen molar-refractivity contribution in [2.24, 2.45) is 5.92 Å². The van der Waals surface area contributed by atoms with Crippen LogP contribution < -0.4 is 5.32 Å². The number of hydrogen-bond donors (Lipinski definition) is 1. The SMILES string of the molecule is CCCC(C)COC(=O)Nc1cccc(C)c1. The number of aryl methyl sites for hydroxylation is 1. The molecule has 0 aliphatic rings. The zero-order chi connectivity index (χ0) is 12.7. The lowest BCUT2D eigenvalue weighted by atomic mass is 10.1. The van der Waals surface area contributed by atoms with Crippen LogP contribution in [0.1, 0.15) is 32.3 Å². The summed E-state index contributed by atoms with van der Waals surface area (Å²) in [5, 5.41) is 2.72. The third kappa shape index (κ3) is 5.38. The third-order valence-electron chi connectivity index (χ3n) is 2.54. The highest BCUT2D eigenvalue weighted by Crippen LogP contribution is 2.10. The number of carbonyl (C=O) groups excluding carboxylic acids is 1. The molecule has 3 nitrogen and oxygen atoms in total. The minimum atomic E-state index is -0.376. The molecule has 1 aromatic rings. The van der Waals surface area contributed by atoms with Gasteiger partial charge in [0.05, 0.1) is 6.61 Å². The fourth-order valence-corrected chi connectivity index (χ4v) is 1.67. The summed E-state index contributed by atoms with van der Waals surface area (Å²) in [5.41, 5.74) is 1.89. The van der Waals surface area contributed by atoms with Gasteiger partial charge in [-0.3, -0.25) is 5.32 Å². The van der Waals surface area contributed by atoms with Gasteiger partial charge in [-0.05, 0) is 37.0 Å². The molecule has 0 aliphatic carbocycles. The molecule has 0 aromatic heterocycles. The number of benzene rings is 1. The van der Waals surface area contributed by atoms with Crippen molar-refractivity contribution in [3.63, 3.8) is 0 Å². The maximum atomic E-state index is 11.5. The molecule has 1 rings (SSSR count). The topological polar surface area (TPSA) is 38.3 Å². The van der Waals surface area contributed by atoms with E-state index in [1.165, 1.54) is 0 Å². The fourth-order valence-electron chi connectivity index (χ4n) is 1.67. The lowest BCUT2D eigenvalue weighted by Gasteiger charge is -2.11. The van der Waals surface area contributed by atoms with Crippen molar-refractivity contribution >= 4 is 11.8 Å². The molecule has 1 unspecified atom stereocenters. The second kappa shape index (κ2) is 6.94. The Bertz CT molecular complexity index is 363. The van der Waals surface area contributed by atoms with Crippen LogP contribution in [0.2, 0.25) is 0 Å². The van der Waals surface area contributed by atoms with E-state index in [9.17, 15) is 4.79 Å². The average molecular weight is 235 g/mol. The minimum absolute atomic E-state index is 0.376. The predicted octanol–water partition coefficient (Wildman–Crippen LogP) is 3.98. The number of ether oxygens (including phenoxy) is 1. The Kier molecular flexibility index (Phi) is 5.53. The Labute approximate surface area is 103 Å². The Balaban J connectivity index is 2.34. The van der Waals surface area contributed by atoms with Gasteiger partial charge in [-0.25, -0.2) is 4.79 Å². The summed E-state index contributed by atoms with van der Waals surface area (Å²) in [5.74, 6) is 0.420. The van der Waals surface area contributed by atoms with Crippen molar-refractivity contribution in [3.8, 4) is 0 Å². The molecule has 94 valence electrons. The molecular weight excluding hydrogens is 214 g/mol. The quantitative estimate of drug-likeness (QED) is 0.838. The summed E-state index contributed by atoms with van der Waals surface area (Å²) >= 11 is 0. The van der Waals surface area contributed by atoms with Crippen LogP contribution in [0.4, 0.5) is 10.5 Å². The molecule has 0 radical (unpaired) electrons. The first kappa shape index (κ1) is 13.6. The van der Waals surface area contributed by atoms with E-state index in [1.54, 1.807) is 0 Å². The van der Waals surface area contributed by atoms with Crippen LogP contribution in [0.15, 0.2) is 24.3 Å². The van der Waals surface area contributed by atoms with Gasteiger partial charge in [0.2, 0.25) is 0 Å². The monoisotopic (exact) mass is 235 g/mol. The maximum Gasteiger partial charge on any atom is 0.411 e. The Morgan fingerprint density at radius 3 is 2.88 bits per heavy atom. The summed E-state index contributed by atoms with van der Waals surface area (Å²) in [7, 11) is 0. The van der Waals surface area contributed by atoms with E-state index < -0.39 is 0 Å². The van der Waals surface area contributed by atoms with Crippen molar-refractivity contribution in [1.29, 1.82) is 0 Å². The van der Waals surface area contributed by atoms with E-state index in [0.717, 1.165) is 24.1 Å². The van der Waals surface area contributed by atoms with Gasteiger partial charge in [-0.15, -0.1) is 0 Å². The summed E-state index contributed by atoms with van der Waals surface area (Å²) < 4.78 is 5.15. The molecule has 1 N–H and O–H groups in total. The standard InChI is InChI=1S/C14H21NO2/c1-4-6-12(3)10-17-14(16)15-13-8-5-7-11(2)9-13/h5,7-9,12H,4,6,10H2,1-3H3,(H,15,16). The maximum absolute atomic E-state index is 11.5. The van der Waals surface area contributed by atoms with Crippen LogP contribution in [0.5, 0.6) is 0 Å². The van der Waals surface area contributed by atoms with E-state index in [2.05, 4.69) is 19.2 Å². The van der Waals surface area contributed by atoms with Crippen molar-refractivity contribution in [2.45, 2.75) is 33.6 Å². The molecule has 0 fully saturated rings. The van der Waals surface area contributed by atoms with E-state index in [1.807, 2.05) is 31.2 Å². The molecule has 0 aliphatic heterocycles. The van der Waals surface area contributed by atoms with Crippen LogP contribution in [0.25, 0.3) is 0 Å². The number of amides is 1. The van der Waals surface area contributed by atoms with E-state index in [-0.39, 0.29) is 6.09 Å². The Hall–Kier alpha value is -1.51. The number of nitrogens with one attached hydrogen (secondary N) is 1. The van der Waals surface area contributed by atoms with E-state index in [4.69, 9.17) is 4.74 Å². The van der Waals surface area contributed by atoms with Gasteiger partial charge in [-0.2, -0.15) is 0 Å². The van der Waals surface area contributed by atoms with Crippen molar-refractivity contribution in [1.82, 2.24) is 0 Å². The highest BCUT2D eigenvalue weighted by molar-refractivity contribution is 5.84. The molecular formula is C14H21NO2. The molecule has 0 saturated heterocycles. The van der Waals surface area contributed by atoms with Crippen LogP contribution >= 0.6 is 0 Å². The normalized spacial score (nSPS) is 11.9. The van der Waals surface area contributed by atoms with E-state index in [0.29, 0.717) is 12.5 Å². The third-order valence-corrected chi connectivity index (χ3v) is 2.54. The molecule has 1 amide bonds. The number of hydrogen-bond acceptors (Lipinski definition) is 2. The minimum Gasteiger partial charge on any atom is -0.449 e. The van der Waals surface area contributed by atoms with Gasteiger partial charge in [0.25, 0.3) is 0 Å². The molecule has 17 heavy (non-hydrogen) atoms. The highest BCUT2D eigenvalue weighted by Gasteiger charge is 2.06. The first-order chi connectivity index (χ1) is 8.11. The van der Waals surface area contributed by atoms with Crippen LogP contribution in [0.3, 0.4) is 0 Å². The first-order valence-electron chi connectivity index (χ1n) is 6.12. The smallest absolute Gasteiger partial charge is 0.411 e. The van der Waals surface area contributed by atoms with E-state index >= 15 is 0 Å². The van der Waals surface area contributed by atoms with Gasteiger partial charge in [0.1, 0.15) is 0 Å². The Morgan fingerprint density at radius 1 is 1.47 bits per heavy atom. The van der Waals surface area contributed by atoms with Gasteiger partial charge in [-0.1, -0.05) is 32.4 Å². The van der Waals surface area contributed by atoms with Crippen molar-refractivity contribution < 1.29 is 9.53 Å². The van der Waals surface area contributed by atoms with Crippen LogP contribution in [-0.2, 0) is 4.74 Å². The molecule has 3 heteroatoms. The molecule has 1 atom stereocenters. The zero-order valence-corrected chi connectivity index (χ0v) is 10.8. The molecule has 1 aromatic carbocycles. The lowest BCUT2D eigenvalue weighted by molar-refractivity contribution is 0.142. The van der Waals surface area contributed by atoms with Gasteiger partial charge in [0.15, 0.2) is 0 Å².